The molecule has 0 saturated heterocycles. The van der Waals surface area contributed by atoms with E-state index in [9.17, 15) is 9.90 Å². The van der Waals surface area contributed by atoms with Gasteiger partial charge in [-0.25, -0.2) is 0 Å². The average molecular weight is 347 g/mol. The van der Waals surface area contributed by atoms with Gasteiger partial charge in [0.1, 0.15) is 5.78 Å². The highest BCUT2D eigenvalue weighted by atomic mass is 16.3. The molecule has 0 aliphatic heterocycles. The number of hydrogen-bond donors (Lipinski definition) is 1. The third-order valence-corrected chi connectivity index (χ3v) is 9.32. The average Bonchev–Trinajstić information content (AvgIpc) is 2.72. The molecular formula is C23H38O2. The van der Waals surface area contributed by atoms with Gasteiger partial charge in [-0.3, -0.25) is 4.79 Å². The minimum atomic E-state index is -0.430. The molecule has 4 fully saturated rings. The molecule has 0 spiro atoms. The second kappa shape index (κ2) is 6.36. The lowest BCUT2D eigenvalue weighted by Gasteiger charge is -2.59. The molecule has 0 aromatic rings. The zero-order chi connectivity index (χ0) is 17.8. The maximum absolute atomic E-state index is 12.3. The highest BCUT2D eigenvalue weighted by Crippen LogP contribution is 2.62. The van der Waals surface area contributed by atoms with Gasteiger partial charge in [0.15, 0.2) is 0 Å². The molecule has 4 rings (SSSR count). The third kappa shape index (κ3) is 3.01. The van der Waals surface area contributed by atoms with Gasteiger partial charge in [0, 0.05) is 5.92 Å². The van der Waals surface area contributed by atoms with Gasteiger partial charge in [-0.2, -0.15) is 0 Å². The maximum atomic E-state index is 12.3. The van der Waals surface area contributed by atoms with Crippen molar-refractivity contribution in [2.75, 3.05) is 0 Å². The van der Waals surface area contributed by atoms with Crippen molar-refractivity contribution in [1.29, 1.82) is 0 Å². The predicted octanol–water partition coefficient (Wildman–Crippen LogP) is 5.38. The number of aliphatic hydroxyl groups is 1. The SMILES string of the molecule is CC(=O)[C@H]1CCC[C@H]2[C@@H]3CC[C@@H]4CC[C@](C)(O)CC[C@@H]4[C@H]3CC[C@]12C. The third-order valence-electron chi connectivity index (χ3n) is 9.32. The number of Topliss-reactive ketones (excluding diaryl/α,β-unsaturated/α-hetero) is 1. The van der Waals surface area contributed by atoms with Gasteiger partial charge in [0.2, 0.25) is 0 Å². The number of rotatable bonds is 1. The van der Waals surface area contributed by atoms with E-state index in [4.69, 9.17) is 0 Å². The first-order valence-corrected chi connectivity index (χ1v) is 11.0. The van der Waals surface area contributed by atoms with Crippen molar-refractivity contribution in [1.82, 2.24) is 0 Å². The van der Waals surface area contributed by atoms with Crippen LogP contribution in [0.3, 0.4) is 0 Å². The summed E-state index contributed by atoms with van der Waals surface area (Å²) < 4.78 is 0. The van der Waals surface area contributed by atoms with Crippen LogP contribution in [0.4, 0.5) is 0 Å². The van der Waals surface area contributed by atoms with Gasteiger partial charge in [0.05, 0.1) is 5.60 Å². The molecule has 4 aliphatic carbocycles. The molecule has 2 nitrogen and oxygen atoms in total. The Labute approximate surface area is 154 Å². The van der Waals surface area contributed by atoms with E-state index >= 15 is 0 Å². The first-order chi connectivity index (χ1) is 11.8. The minimum Gasteiger partial charge on any atom is -0.390 e. The van der Waals surface area contributed by atoms with Gasteiger partial charge < -0.3 is 5.11 Å². The van der Waals surface area contributed by atoms with E-state index < -0.39 is 5.60 Å². The summed E-state index contributed by atoms with van der Waals surface area (Å²) in [7, 11) is 0. The fourth-order valence-electron chi connectivity index (χ4n) is 8.00. The van der Waals surface area contributed by atoms with Crippen LogP contribution in [-0.2, 0) is 4.79 Å². The Morgan fingerprint density at radius 2 is 1.56 bits per heavy atom. The first-order valence-electron chi connectivity index (χ1n) is 11.0. The summed E-state index contributed by atoms with van der Waals surface area (Å²) in [5, 5.41) is 10.6. The molecule has 0 aromatic carbocycles. The molecule has 0 bridgehead atoms. The molecule has 2 heteroatoms. The monoisotopic (exact) mass is 346 g/mol. The largest absolute Gasteiger partial charge is 0.390 e. The summed E-state index contributed by atoms with van der Waals surface area (Å²) >= 11 is 0. The van der Waals surface area contributed by atoms with E-state index in [-0.39, 0.29) is 5.41 Å². The zero-order valence-electron chi connectivity index (χ0n) is 16.6. The van der Waals surface area contributed by atoms with Crippen LogP contribution in [-0.4, -0.2) is 16.5 Å². The number of carbonyl (C=O) groups excluding carboxylic acids is 1. The Kier molecular flexibility index (Phi) is 4.58. The molecule has 4 saturated carbocycles. The number of hydrogen-bond acceptors (Lipinski definition) is 2. The van der Waals surface area contributed by atoms with Crippen molar-refractivity contribution in [3.63, 3.8) is 0 Å². The summed E-state index contributed by atoms with van der Waals surface area (Å²) in [5.41, 5.74) is -0.158. The van der Waals surface area contributed by atoms with Crippen LogP contribution in [0.5, 0.6) is 0 Å². The lowest BCUT2D eigenvalue weighted by molar-refractivity contribution is -0.140. The van der Waals surface area contributed by atoms with Crippen LogP contribution in [0.2, 0.25) is 0 Å². The van der Waals surface area contributed by atoms with Crippen LogP contribution in [0.1, 0.15) is 91.4 Å². The lowest BCUT2D eigenvalue weighted by atomic mass is 9.45. The van der Waals surface area contributed by atoms with Crippen molar-refractivity contribution in [3.8, 4) is 0 Å². The van der Waals surface area contributed by atoms with E-state index in [0.717, 1.165) is 48.9 Å². The van der Waals surface area contributed by atoms with E-state index in [1.54, 1.807) is 0 Å². The standard InChI is InChI=1S/C23H38O2/c1-15(24)20-5-4-6-21-19-8-7-16-9-12-22(2,25)13-10-17(16)18(19)11-14-23(20,21)3/h16-21,25H,4-14H2,1-3H3/t16-,17+,18-,19-,20-,21+,22+,23-/m1/s1. The number of carbonyl (C=O) groups is 1. The van der Waals surface area contributed by atoms with Crippen LogP contribution in [0.25, 0.3) is 0 Å². The van der Waals surface area contributed by atoms with Crippen LogP contribution >= 0.6 is 0 Å². The van der Waals surface area contributed by atoms with Gasteiger partial charge in [-0.15, -0.1) is 0 Å². The Hall–Kier alpha value is -0.370. The summed E-state index contributed by atoms with van der Waals surface area (Å²) in [6.07, 6.45) is 13.6. The van der Waals surface area contributed by atoms with E-state index in [2.05, 4.69) is 13.8 Å². The van der Waals surface area contributed by atoms with Crippen molar-refractivity contribution >= 4 is 5.78 Å². The number of fused-ring (bicyclic) bond motifs is 5. The smallest absolute Gasteiger partial charge is 0.133 e. The van der Waals surface area contributed by atoms with Crippen LogP contribution in [0, 0.1) is 40.9 Å². The van der Waals surface area contributed by atoms with Crippen LogP contribution in [0.15, 0.2) is 0 Å². The molecular weight excluding hydrogens is 308 g/mol. The Morgan fingerprint density at radius 1 is 0.840 bits per heavy atom. The molecule has 1 N–H and O–H groups in total. The maximum Gasteiger partial charge on any atom is 0.133 e. The molecule has 8 atom stereocenters. The molecule has 0 radical (unpaired) electrons. The van der Waals surface area contributed by atoms with Gasteiger partial charge in [0.25, 0.3) is 0 Å². The summed E-state index contributed by atoms with van der Waals surface area (Å²) in [4.78, 5) is 12.3. The minimum absolute atomic E-state index is 0.272. The summed E-state index contributed by atoms with van der Waals surface area (Å²) in [6.45, 7) is 6.36. The van der Waals surface area contributed by atoms with Crippen LogP contribution < -0.4 is 0 Å². The van der Waals surface area contributed by atoms with Crippen molar-refractivity contribution in [2.45, 2.75) is 97.0 Å². The second-order valence-corrected chi connectivity index (χ2v) is 10.6. The number of ketones is 1. The molecule has 0 amide bonds. The van der Waals surface area contributed by atoms with Gasteiger partial charge in [-0.05, 0) is 113 Å². The van der Waals surface area contributed by atoms with Crippen molar-refractivity contribution in [2.24, 2.45) is 40.9 Å². The Balaban J connectivity index is 1.57. The summed E-state index contributed by atoms with van der Waals surface area (Å²) in [5.74, 6) is 4.96. The second-order valence-electron chi connectivity index (χ2n) is 10.6. The molecule has 142 valence electrons. The molecule has 0 unspecified atom stereocenters. The van der Waals surface area contributed by atoms with Crippen molar-refractivity contribution < 1.29 is 9.90 Å². The van der Waals surface area contributed by atoms with Crippen molar-refractivity contribution in [3.05, 3.63) is 0 Å². The zero-order valence-corrected chi connectivity index (χ0v) is 16.6. The molecule has 25 heavy (non-hydrogen) atoms. The molecule has 4 aliphatic rings. The topological polar surface area (TPSA) is 37.3 Å². The van der Waals surface area contributed by atoms with E-state index in [0.29, 0.717) is 11.7 Å². The Morgan fingerprint density at radius 3 is 2.32 bits per heavy atom. The summed E-state index contributed by atoms with van der Waals surface area (Å²) in [6, 6.07) is 0. The Bertz CT molecular complexity index is 524. The van der Waals surface area contributed by atoms with Gasteiger partial charge in [-0.1, -0.05) is 13.3 Å². The van der Waals surface area contributed by atoms with Gasteiger partial charge >= 0.3 is 0 Å². The highest BCUT2D eigenvalue weighted by Gasteiger charge is 2.56. The fourth-order valence-corrected chi connectivity index (χ4v) is 8.00. The lowest BCUT2D eigenvalue weighted by Crippen LogP contribution is -2.53. The normalized spacial score (nSPS) is 53.1. The van der Waals surface area contributed by atoms with E-state index in [1.807, 2.05) is 6.92 Å². The fraction of sp³-hybridized carbons (Fsp3) is 0.957. The quantitative estimate of drug-likeness (QED) is 0.692. The highest BCUT2D eigenvalue weighted by molar-refractivity contribution is 5.79. The molecule has 0 aromatic heterocycles. The van der Waals surface area contributed by atoms with E-state index in [1.165, 1.54) is 51.4 Å². The molecule has 0 heterocycles. The first kappa shape index (κ1) is 18.0. The predicted molar refractivity (Wildman–Crippen MR) is 101 cm³/mol.